The van der Waals surface area contributed by atoms with E-state index in [1.54, 1.807) is 0 Å². The summed E-state index contributed by atoms with van der Waals surface area (Å²) in [7, 11) is 2.10. The maximum Gasteiger partial charge on any atom is 0.221 e. The third kappa shape index (κ3) is 6.77. The van der Waals surface area contributed by atoms with E-state index in [-0.39, 0.29) is 30.6 Å². The Morgan fingerprint density at radius 2 is 1.86 bits per heavy atom. The lowest BCUT2D eigenvalue weighted by molar-refractivity contribution is -0.275. The molecule has 7 nitrogen and oxygen atoms in total. The second-order valence-electron chi connectivity index (χ2n) is 9.46. The number of amides is 1. The highest BCUT2D eigenvalue weighted by Crippen LogP contribution is 2.42. The van der Waals surface area contributed by atoms with Gasteiger partial charge in [-0.1, -0.05) is 49.4 Å². The first kappa shape index (κ1) is 26.0. The largest absolute Gasteiger partial charge is 0.392 e. The molecule has 2 heterocycles. The fourth-order valence-corrected chi connectivity index (χ4v) is 4.54. The summed E-state index contributed by atoms with van der Waals surface area (Å²) in [5.74, 6) is -0.0300. The van der Waals surface area contributed by atoms with Gasteiger partial charge in [0.15, 0.2) is 6.29 Å². The molecule has 190 valence electrons. The lowest BCUT2D eigenvalue weighted by Crippen LogP contribution is -2.44. The quantitative estimate of drug-likeness (QED) is 0.461. The van der Waals surface area contributed by atoms with E-state index < -0.39 is 6.29 Å². The molecule has 36 heavy (non-hydrogen) atoms. The molecule has 0 unspecified atom stereocenters. The van der Waals surface area contributed by atoms with Crippen molar-refractivity contribution >= 4 is 11.6 Å². The van der Waals surface area contributed by atoms with E-state index in [9.17, 15) is 9.90 Å². The highest BCUT2D eigenvalue weighted by Gasteiger charge is 2.38. The van der Waals surface area contributed by atoms with Crippen molar-refractivity contribution in [3.63, 3.8) is 0 Å². The second kappa shape index (κ2) is 12.2. The predicted octanol–water partition coefficient (Wildman–Crippen LogP) is 4.50. The van der Waals surface area contributed by atoms with Gasteiger partial charge in [-0.3, -0.25) is 9.78 Å². The van der Waals surface area contributed by atoms with Gasteiger partial charge in [-0.15, -0.1) is 0 Å². The van der Waals surface area contributed by atoms with Crippen LogP contribution in [0.1, 0.15) is 48.6 Å². The van der Waals surface area contributed by atoms with Crippen molar-refractivity contribution in [1.29, 1.82) is 0 Å². The Morgan fingerprint density at radius 1 is 1.06 bits per heavy atom. The zero-order chi connectivity index (χ0) is 25.5. The molecule has 0 radical (unpaired) electrons. The standard InChI is InChI=1S/C29H35N3O4/c1-20-27(18-32(3)16-14-25-8-4-5-15-30-25)35-29(24-7-6-9-26(17-24)31-21(2)34)36-28(20)23-12-10-22(19-33)11-13-23/h4-13,15,17,20,27-29,33H,14,16,18-19H2,1-3H3,(H,31,34)/t20-,27+,28+,29+/m0/s1. The van der Waals surface area contributed by atoms with E-state index in [1.807, 2.05) is 72.9 Å². The number of nitrogens with one attached hydrogen (secondary N) is 1. The molecule has 1 aliphatic rings. The van der Waals surface area contributed by atoms with Crippen molar-refractivity contribution in [3.05, 3.63) is 95.3 Å². The molecule has 1 saturated heterocycles. The van der Waals surface area contributed by atoms with Crippen LogP contribution >= 0.6 is 0 Å². The van der Waals surface area contributed by atoms with Crippen molar-refractivity contribution in [1.82, 2.24) is 9.88 Å². The number of ether oxygens (including phenoxy) is 2. The zero-order valence-corrected chi connectivity index (χ0v) is 21.1. The molecular weight excluding hydrogens is 454 g/mol. The molecule has 2 aromatic carbocycles. The minimum atomic E-state index is -0.577. The number of aromatic nitrogens is 1. The summed E-state index contributed by atoms with van der Waals surface area (Å²) in [6, 6.07) is 21.5. The third-order valence-electron chi connectivity index (χ3n) is 6.57. The highest BCUT2D eigenvalue weighted by atomic mass is 16.7. The van der Waals surface area contributed by atoms with Gasteiger partial charge in [-0.25, -0.2) is 0 Å². The minimum Gasteiger partial charge on any atom is -0.392 e. The molecule has 2 N–H and O–H groups in total. The normalized spacial score (nSPS) is 21.9. The molecule has 4 atom stereocenters. The number of pyridine rings is 1. The second-order valence-corrected chi connectivity index (χ2v) is 9.46. The molecule has 7 heteroatoms. The maximum absolute atomic E-state index is 11.6. The van der Waals surface area contributed by atoms with Crippen LogP contribution in [-0.2, 0) is 27.3 Å². The van der Waals surface area contributed by atoms with Gasteiger partial charge in [0.1, 0.15) is 0 Å². The maximum atomic E-state index is 11.6. The molecule has 0 saturated carbocycles. The number of nitrogens with zero attached hydrogens (tertiary/aromatic N) is 2. The lowest BCUT2D eigenvalue weighted by Gasteiger charge is -2.42. The summed E-state index contributed by atoms with van der Waals surface area (Å²) in [5.41, 5.74) is 4.54. The van der Waals surface area contributed by atoms with E-state index in [0.29, 0.717) is 5.69 Å². The number of carbonyl (C=O) groups excluding carboxylic acids is 1. The first-order chi connectivity index (χ1) is 17.4. The molecule has 0 spiro atoms. The van der Waals surface area contributed by atoms with Gasteiger partial charge in [0, 0.05) is 55.5 Å². The summed E-state index contributed by atoms with van der Waals surface area (Å²) in [6.45, 7) is 5.26. The van der Waals surface area contributed by atoms with Gasteiger partial charge in [-0.2, -0.15) is 0 Å². The Bertz CT molecular complexity index is 1120. The number of aliphatic hydroxyl groups excluding tert-OH is 1. The fourth-order valence-electron chi connectivity index (χ4n) is 4.54. The summed E-state index contributed by atoms with van der Waals surface area (Å²) in [4.78, 5) is 18.3. The summed E-state index contributed by atoms with van der Waals surface area (Å²) >= 11 is 0. The monoisotopic (exact) mass is 489 g/mol. The van der Waals surface area contributed by atoms with Crippen molar-refractivity contribution in [2.75, 3.05) is 25.5 Å². The van der Waals surface area contributed by atoms with Gasteiger partial charge >= 0.3 is 0 Å². The fraction of sp³-hybridized carbons (Fsp3) is 0.379. The highest BCUT2D eigenvalue weighted by molar-refractivity contribution is 5.88. The SMILES string of the molecule is CC(=O)Nc1cccc([C@@H]2O[C@H](CN(C)CCc3ccccn3)[C@H](C)[C@H](c3ccc(CO)cc3)O2)c1. The van der Waals surface area contributed by atoms with Crippen LogP contribution in [0.5, 0.6) is 0 Å². The molecule has 0 aliphatic carbocycles. The smallest absolute Gasteiger partial charge is 0.221 e. The van der Waals surface area contributed by atoms with Crippen LogP contribution in [0.15, 0.2) is 72.9 Å². The minimum absolute atomic E-state index is 0.00667. The average Bonchev–Trinajstić information content (AvgIpc) is 2.89. The number of aliphatic hydroxyl groups is 1. The molecule has 3 aromatic rings. The van der Waals surface area contributed by atoms with Crippen LogP contribution in [0.2, 0.25) is 0 Å². The van der Waals surface area contributed by atoms with E-state index >= 15 is 0 Å². The van der Waals surface area contributed by atoms with Crippen LogP contribution in [0.25, 0.3) is 0 Å². The molecule has 1 amide bonds. The topological polar surface area (TPSA) is 83.9 Å². The number of benzene rings is 2. The Morgan fingerprint density at radius 3 is 2.56 bits per heavy atom. The Hall–Kier alpha value is -3.10. The number of likely N-dealkylation sites (N-methyl/N-ethyl adjacent to an activating group) is 1. The zero-order valence-electron chi connectivity index (χ0n) is 21.1. The number of anilines is 1. The van der Waals surface area contributed by atoms with E-state index in [0.717, 1.165) is 41.9 Å². The van der Waals surface area contributed by atoms with Crippen LogP contribution in [0, 0.1) is 5.92 Å². The van der Waals surface area contributed by atoms with E-state index in [1.165, 1.54) is 6.92 Å². The van der Waals surface area contributed by atoms with Gasteiger partial charge in [0.05, 0.1) is 18.8 Å². The summed E-state index contributed by atoms with van der Waals surface area (Å²) < 4.78 is 13.1. The van der Waals surface area contributed by atoms with Gasteiger partial charge in [0.25, 0.3) is 0 Å². The first-order valence-corrected chi connectivity index (χ1v) is 12.4. The van der Waals surface area contributed by atoms with Crippen LogP contribution in [-0.4, -0.2) is 47.1 Å². The van der Waals surface area contributed by atoms with Crippen LogP contribution < -0.4 is 5.32 Å². The molecule has 1 aliphatic heterocycles. The summed E-state index contributed by atoms with van der Waals surface area (Å²) in [5, 5.41) is 12.3. The Labute approximate surface area is 213 Å². The van der Waals surface area contributed by atoms with Crippen LogP contribution in [0.3, 0.4) is 0 Å². The molecule has 4 rings (SSSR count). The Kier molecular flexibility index (Phi) is 8.83. The molecular formula is C29H35N3O4. The van der Waals surface area contributed by atoms with Gasteiger partial charge < -0.3 is 24.8 Å². The number of carbonyl (C=O) groups is 1. The molecule has 1 aromatic heterocycles. The van der Waals surface area contributed by atoms with E-state index in [2.05, 4.69) is 29.2 Å². The van der Waals surface area contributed by atoms with Crippen molar-refractivity contribution in [3.8, 4) is 0 Å². The average molecular weight is 490 g/mol. The van der Waals surface area contributed by atoms with Gasteiger partial charge in [-0.05, 0) is 42.4 Å². The number of hydrogen-bond donors (Lipinski definition) is 2. The predicted molar refractivity (Wildman–Crippen MR) is 139 cm³/mol. The van der Waals surface area contributed by atoms with Gasteiger partial charge in [0.2, 0.25) is 5.91 Å². The van der Waals surface area contributed by atoms with Crippen LogP contribution in [0.4, 0.5) is 5.69 Å². The van der Waals surface area contributed by atoms with Crippen molar-refractivity contribution < 1.29 is 19.4 Å². The third-order valence-corrected chi connectivity index (χ3v) is 6.57. The summed E-state index contributed by atoms with van der Waals surface area (Å²) in [6.07, 6.45) is 1.85. The van der Waals surface area contributed by atoms with Crippen molar-refractivity contribution in [2.45, 2.75) is 45.4 Å². The molecule has 0 bridgehead atoms. The first-order valence-electron chi connectivity index (χ1n) is 12.4. The Balaban J connectivity index is 1.54. The number of rotatable bonds is 9. The number of hydrogen-bond acceptors (Lipinski definition) is 6. The van der Waals surface area contributed by atoms with E-state index in [4.69, 9.17) is 9.47 Å². The molecule has 1 fully saturated rings. The lowest BCUT2D eigenvalue weighted by atomic mass is 9.90. The van der Waals surface area contributed by atoms with Crippen molar-refractivity contribution in [2.24, 2.45) is 5.92 Å².